The number of furan rings is 1. The molecule has 1 atom stereocenters. The Hall–Kier alpha value is -3.47. The molecular formula is C18H14N5O2+. The predicted octanol–water partition coefficient (Wildman–Crippen LogP) is 2.05. The standard InChI is InChI=1S/C18H14N5O2/c19-23-13-14(6-4-10-24-15-7-2-1-3-8-15)20-12-17(23)21-18(22-23)16-9-5-11-25-16/h1-3,5,7-9,11-13H,10,19H2/q+1. The van der Waals surface area contributed by atoms with Gasteiger partial charge < -0.3 is 9.15 Å². The topological polar surface area (TPSA) is 85.5 Å². The first-order valence-corrected chi connectivity index (χ1v) is 7.57. The van der Waals surface area contributed by atoms with Crippen molar-refractivity contribution in [2.45, 2.75) is 0 Å². The highest BCUT2D eigenvalue weighted by Gasteiger charge is 2.39. The molecule has 0 fully saturated rings. The van der Waals surface area contributed by atoms with Crippen LogP contribution in [0.15, 0.2) is 80.1 Å². The van der Waals surface area contributed by atoms with Crippen LogP contribution in [0.25, 0.3) is 0 Å². The van der Waals surface area contributed by atoms with Gasteiger partial charge in [0, 0.05) is 0 Å². The highest BCUT2D eigenvalue weighted by atomic mass is 16.5. The molecule has 2 N–H and O–H groups in total. The fourth-order valence-corrected chi connectivity index (χ4v) is 2.32. The molecule has 0 spiro atoms. The Bertz CT molecular complexity index is 962. The average molecular weight is 332 g/mol. The molecule has 0 saturated heterocycles. The van der Waals surface area contributed by atoms with E-state index in [1.54, 1.807) is 30.8 Å². The van der Waals surface area contributed by atoms with Crippen molar-refractivity contribution in [1.82, 2.24) is 0 Å². The van der Waals surface area contributed by atoms with Gasteiger partial charge in [0.25, 0.3) is 11.7 Å². The molecular weight excluding hydrogens is 318 g/mol. The fourth-order valence-electron chi connectivity index (χ4n) is 2.32. The van der Waals surface area contributed by atoms with Crippen LogP contribution in [0.2, 0.25) is 0 Å². The van der Waals surface area contributed by atoms with E-state index in [1.165, 1.54) is 0 Å². The van der Waals surface area contributed by atoms with Gasteiger partial charge in [-0.3, -0.25) is 0 Å². The monoisotopic (exact) mass is 332 g/mol. The number of ether oxygens (including phenoxy) is 1. The quantitative estimate of drug-likeness (QED) is 0.530. The van der Waals surface area contributed by atoms with Gasteiger partial charge in [0.15, 0.2) is 17.7 Å². The number of hydrogen-bond donors (Lipinski definition) is 1. The lowest BCUT2D eigenvalue weighted by Gasteiger charge is -2.17. The molecule has 1 aromatic carbocycles. The number of hydrogen-bond acceptors (Lipinski definition) is 6. The molecule has 2 aromatic rings. The summed E-state index contributed by atoms with van der Waals surface area (Å²) in [6.45, 7) is 0.253. The second-order valence-corrected chi connectivity index (χ2v) is 5.29. The van der Waals surface area contributed by atoms with E-state index in [4.69, 9.17) is 15.0 Å². The fraction of sp³-hybridized carbons (Fsp3) is 0.0556. The molecule has 122 valence electrons. The molecule has 7 heteroatoms. The minimum absolute atomic E-state index is 0.253. The van der Waals surface area contributed by atoms with E-state index in [0.29, 0.717) is 23.1 Å². The molecule has 1 unspecified atom stereocenters. The zero-order valence-corrected chi connectivity index (χ0v) is 13.2. The second kappa shape index (κ2) is 6.20. The number of allylic oxidation sites excluding steroid dienone is 1. The number of nitrogens with zero attached hydrogens (tertiary/aromatic N) is 4. The minimum Gasteiger partial charge on any atom is -0.481 e. The van der Waals surface area contributed by atoms with Crippen molar-refractivity contribution in [3.8, 4) is 17.6 Å². The first-order valence-electron chi connectivity index (χ1n) is 7.57. The Morgan fingerprint density at radius 1 is 1.16 bits per heavy atom. The van der Waals surface area contributed by atoms with E-state index in [2.05, 4.69) is 26.9 Å². The summed E-state index contributed by atoms with van der Waals surface area (Å²) >= 11 is 0. The Morgan fingerprint density at radius 3 is 2.84 bits per heavy atom. The van der Waals surface area contributed by atoms with Gasteiger partial charge >= 0.3 is 0 Å². The van der Waals surface area contributed by atoms with E-state index >= 15 is 0 Å². The van der Waals surface area contributed by atoms with Crippen LogP contribution < -0.4 is 10.6 Å². The molecule has 4 rings (SSSR count). The van der Waals surface area contributed by atoms with Crippen molar-refractivity contribution in [1.29, 1.82) is 0 Å². The summed E-state index contributed by atoms with van der Waals surface area (Å²) in [4.78, 5) is 8.60. The molecule has 2 aliphatic heterocycles. The zero-order chi connectivity index (χ0) is 17.1. The van der Waals surface area contributed by atoms with Gasteiger partial charge in [0.05, 0.1) is 6.26 Å². The van der Waals surface area contributed by atoms with Crippen LogP contribution in [0.3, 0.4) is 0 Å². The molecule has 0 aliphatic carbocycles. The second-order valence-electron chi connectivity index (χ2n) is 5.29. The van der Waals surface area contributed by atoms with Gasteiger partial charge in [-0.05, 0) is 40.0 Å². The largest absolute Gasteiger partial charge is 0.481 e. The first-order chi connectivity index (χ1) is 12.2. The van der Waals surface area contributed by atoms with Crippen LogP contribution in [0.5, 0.6) is 5.75 Å². The molecule has 2 aliphatic rings. The summed E-state index contributed by atoms with van der Waals surface area (Å²) in [6.07, 6.45) is 4.75. The predicted molar refractivity (Wildman–Crippen MR) is 93.4 cm³/mol. The Labute approximate surface area is 144 Å². The summed E-state index contributed by atoms with van der Waals surface area (Å²) in [5.74, 6) is 14.3. The number of amidine groups is 2. The number of nitrogens with two attached hydrogens (primary N) is 1. The van der Waals surface area contributed by atoms with E-state index in [0.717, 1.165) is 5.75 Å². The minimum atomic E-state index is -0.330. The molecule has 0 bridgehead atoms. The smallest absolute Gasteiger partial charge is 0.300 e. The molecule has 0 saturated carbocycles. The maximum atomic E-state index is 6.26. The number of benzene rings is 1. The van der Waals surface area contributed by atoms with E-state index in [-0.39, 0.29) is 11.3 Å². The third-order valence-electron chi connectivity index (χ3n) is 3.50. The van der Waals surface area contributed by atoms with Crippen LogP contribution in [0.1, 0.15) is 5.76 Å². The lowest BCUT2D eigenvalue weighted by Crippen LogP contribution is -2.50. The lowest BCUT2D eigenvalue weighted by molar-refractivity contribution is -0.803. The summed E-state index contributed by atoms with van der Waals surface area (Å²) in [6, 6.07) is 13.0. The van der Waals surface area contributed by atoms with Crippen molar-refractivity contribution >= 4 is 17.9 Å². The van der Waals surface area contributed by atoms with Gasteiger partial charge in [0.1, 0.15) is 18.6 Å². The van der Waals surface area contributed by atoms with Gasteiger partial charge in [-0.1, -0.05) is 24.1 Å². The third-order valence-corrected chi connectivity index (χ3v) is 3.50. The highest BCUT2D eigenvalue weighted by Crippen LogP contribution is 2.21. The van der Waals surface area contributed by atoms with Crippen LogP contribution in [-0.4, -0.2) is 29.2 Å². The highest BCUT2D eigenvalue weighted by molar-refractivity contribution is 6.31. The summed E-state index contributed by atoms with van der Waals surface area (Å²) in [7, 11) is 0. The molecule has 3 heterocycles. The SMILES string of the molecule is N[N+]12C=C(C#CCOc3ccccc3)N=CC1=NC(c1ccco1)=N2. The average Bonchev–Trinajstić information content (AvgIpc) is 3.26. The number of aliphatic imine (C=N–C) groups is 2. The van der Waals surface area contributed by atoms with Crippen LogP contribution in [0.4, 0.5) is 0 Å². The van der Waals surface area contributed by atoms with Crippen molar-refractivity contribution in [3.05, 3.63) is 66.4 Å². The summed E-state index contributed by atoms with van der Waals surface area (Å²) < 4.78 is 10.5. The maximum absolute atomic E-state index is 6.26. The van der Waals surface area contributed by atoms with Crippen molar-refractivity contribution in [3.63, 3.8) is 0 Å². The Balaban J connectivity index is 1.48. The molecule has 25 heavy (non-hydrogen) atoms. The van der Waals surface area contributed by atoms with E-state index < -0.39 is 0 Å². The number of quaternary nitrogens is 1. The number of fused-ring (bicyclic) bond motifs is 1. The molecule has 7 nitrogen and oxygen atoms in total. The zero-order valence-electron chi connectivity index (χ0n) is 13.2. The maximum Gasteiger partial charge on any atom is 0.300 e. The molecule has 0 amide bonds. The van der Waals surface area contributed by atoms with E-state index in [9.17, 15) is 0 Å². The van der Waals surface area contributed by atoms with Gasteiger partial charge in [-0.15, -0.1) is 5.84 Å². The van der Waals surface area contributed by atoms with E-state index in [1.807, 2.05) is 30.3 Å². The summed E-state index contributed by atoms with van der Waals surface area (Å²) in [5.41, 5.74) is 0.502. The molecule has 1 aromatic heterocycles. The number of para-hydroxylation sites is 1. The molecule has 0 radical (unpaired) electrons. The van der Waals surface area contributed by atoms with Crippen LogP contribution >= 0.6 is 0 Å². The van der Waals surface area contributed by atoms with Crippen LogP contribution in [-0.2, 0) is 0 Å². The number of rotatable bonds is 3. The van der Waals surface area contributed by atoms with Gasteiger partial charge in [-0.25, -0.2) is 4.99 Å². The Kier molecular flexibility index (Phi) is 3.74. The third kappa shape index (κ3) is 3.12. The lowest BCUT2D eigenvalue weighted by atomic mass is 10.3. The first kappa shape index (κ1) is 15.1. The van der Waals surface area contributed by atoms with Crippen molar-refractivity contribution in [2.75, 3.05) is 6.61 Å². The van der Waals surface area contributed by atoms with Gasteiger partial charge in [-0.2, -0.15) is 4.99 Å². The normalized spacial score (nSPS) is 20.8. The Morgan fingerprint density at radius 2 is 2.04 bits per heavy atom. The van der Waals surface area contributed by atoms with Crippen LogP contribution in [0, 0.1) is 11.8 Å². The van der Waals surface area contributed by atoms with Crippen molar-refractivity contribution in [2.24, 2.45) is 20.9 Å². The van der Waals surface area contributed by atoms with Gasteiger partial charge in [0.2, 0.25) is 0 Å². The van der Waals surface area contributed by atoms with Crippen molar-refractivity contribution < 1.29 is 13.9 Å². The summed E-state index contributed by atoms with van der Waals surface area (Å²) in [5, 5.41) is 4.38.